The van der Waals surface area contributed by atoms with E-state index in [-0.39, 0.29) is 9.75 Å². The van der Waals surface area contributed by atoms with Crippen molar-refractivity contribution in [3.8, 4) is 0 Å². The van der Waals surface area contributed by atoms with Crippen molar-refractivity contribution < 1.29 is 0 Å². The second-order valence-corrected chi connectivity index (χ2v) is 11.6. The van der Waals surface area contributed by atoms with E-state index in [9.17, 15) is 0 Å². The molecule has 1 atom stereocenters. The van der Waals surface area contributed by atoms with Gasteiger partial charge in [0.1, 0.15) is 0 Å². The largest absolute Gasteiger partial charge is 0.299 e. The molecule has 0 aliphatic heterocycles. The summed E-state index contributed by atoms with van der Waals surface area (Å²) in [4.78, 5) is 2.12. The van der Waals surface area contributed by atoms with Gasteiger partial charge in [0.15, 0.2) is 0 Å². The highest BCUT2D eigenvalue weighted by atomic mass is 35.5. The predicted octanol–water partition coefficient (Wildman–Crippen LogP) is 8.55. The van der Waals surface area contributed by atoms with E-state index in [2.05, 4.69) is 67.4 Å². The standard InChI is InChI=1S/C29H39Cl2N/c1-3-24(32(2)22-23-12-5-4-6-13-23)16-17-25-26(28(30)18-7-8-19-28)14-11-15-27(25)29(31)20-9-10-21-29/h4-6,11-15,24H,3,7-10,16-22H2,1-2H3. The molecule has 2 aliphatic carbocycles. The third kappa shape index (κ3) is 5.21. The fourth-order valence-corrected chi connectivity index (χ4v) is 7.04. The summed E-state index contributed by atoms with van der Waals surface area (Å²) in [5, 5.41) is 0. The van der Waals surface area contributed by atoms with Crippen LogP contribution in [0.25, 0.3) is 0 Å². The number of rotatable bonds is 9. The van der Waals surface area contributed by atoms with Gasteiger partial charge in [-0.1, -0.05) is 81.1 Å². The topological polar surface area (TPSA) is 3.24 Å². The summed E-state index contributed by atoms with van der Waals surface area (Å²) in [6, 6.07) is 18.2. The van der Waals surface area contributed by atoms with Gasteiger partial charge >= 0.3 is 0 Å². The van der Waals surface area contributed by atoms with E-state index in [4.69, 9.17) is 23.2 Å². The molecule has 2 saturated carbocycles. The molecular weight excluding hydrogens is 433 g/mol. The SMILES string of the molecule is CCC(CCc1c(C2(Cl)CCCC2)cccc1C1(Cl)CCCC1)N(C)Cc1ccccc1. The zero-order valence-electron chi connectivity index (χ0n) is 19.9. The van der Waals surface area contributed by atoms with Gasteiger partial charge < -0.3 is 0 Å². The molecule has 1 nitrogen and oxygen atoms in total. The Labute approximate surface area is 205 Å². The molecular formula is C29H39Cl2N. The lowest BCUT2D eigenvalue weighted by Gasteiger charge is -2.33. The van der Waals surface area contributed by atoms with Crippen LogP contribution in [0.5, 0.6) is 0 Å². The van der Waals surface area contributed by atoms with Gasteiger partial charge in [0, 0.05) is 12.6 Å². The highest BCUT2D eigenvalue weighted by molar-refractivity contribution is 6.25. The van der Waals surface area contributed by atoms with Crippen LogP contribution >= 0.6 is 23.2 Å². The molecule has 2 aliphatic rings. The fourth-order valence-electron chi connectivity index (χ4n) is 6.15. The molecule has 174 valence electrons. The van der Waals surface area contributed by atoms with E-state index in [1.54, 1.807) is 0 Å². The Bertz CT molecular complexity index is 826. The molecule has 0 saturated heterocycles. The van der Waals surface area contributed by atoms with Crippen LogP contribution in [0.15, 0.2) is 48.5 Å². The molecule has 0 N–H and O–H groups in total. The number of halogens is 2. The summed E-state index contributed by atoms with van der Waals surface area (Å²) in [5.74, 6) is 0. The Balaban J connectivity index is 1.59. The highest BCUT2D eigenvalue weighted by Gasteiger charge is 2.40. The maximum atomic E-state index is 7.29. The van der Waals surface area contributed by atoms with Crippen molar-refractivity contribution in [2.75, 3.05) is 7.05 Å². The third-order valence-electron chi connectivity index (χ3n) is 8.03. The van der Waals surface area contributed by atoms with E-state index >= 15 is 0 Å². The maximum Gasteiger partial charge on any atom is 0.0697 e. The van der Waals surface area contributed by atoms with Gasteiger partial charge in [-0.2, -0.15) is 0 Å². The Morgan fingerprint density at radius 3 is 1.84 bits per heavy atom. The van der Waals surface area contributed by atoms with Crippen LogP contribution in [0.4, 0.5) is 0 Å². The first-order chi connectivity index (χ1) is 15.5. The average Bonchev–Trinajstić information content (AvgIpc) is 3.44. The quantitative estimate of drug-likeness (QED) is 0.331. The number of nitrogens with zero attached hydrogens (tertiary/aromatic N) is 1. The number of alkyl halides is 2. The van der Waals surface area contributed by atoms with E-state index in [1.165, 1.54) is 47.9 Å². The van der Waals surface area contributed by atoms with Crippen LogP contribution in [-0.2, 0) is 22.7 Å². The summed E-state index contributed by atoms with van der Waals surface area (Å²) in [6.07, 6.45) is 12.6. The van der Waals surface area contributed by atoms with Crippen LogP contribution in [0.1, 0.15) is 93.4 Å². The molecule has 2 aromatic rings. The molecule has 3 heteroatoms. The zero-order valence-corrected chi connectivity index (χ0v) is 21.4. The molecule has 2 aromatic carbocycles. The molecule has 0 amide bonds. The van der Waals surface area contributed by atoms with E-state index in [0.29, 0.717) is 6.04 Å². The van der Waals surface area contributed by atoms with Crippen molar-refractivity contribution in [3.63, 3.8) is 0 Å². The number of hydrogen-bond donors (Lipinski definition) is 0. The van der Waals surface area contributed by atoms with Crippen LogP contribution < -0.4 is 0 Å². The summed E-state index contributed by atoms with van der Waals surface area (Å²) in [7, 11) is 2.27. The summed E-state index contributed by atoms with van der Waals surface area (Å²) >= 11 is 14.6. The Morgan fingerprint density at radius 2 is 1.34 bits per heavy atom. The van der Waals surface area contributed by atoms with Crippen molar-refractivity contribution >= 4 is 23.2 Å². The lowest BCUT2D eigenvalue weighted by atomic mass is 9.81. The molecule has 32 heavy (non-hydrogen) atoms. The molecule has 0 aromatic heterocycles. The first kappa shape index (κ1) is 24.1. The second kappa shape index (κ2) is 10.5. The van der Waals surface area contributed by atoms with Gasteiger partial charge in [-0.15, -0.1) is 23.2 Å². The average molecular weight is 473 g/mol. The zero-order chi connectivity index (χ0) is 22.6. The molecule has 2 fully saturated rings. The van der Waals surface area contributed by atoms with Gasteiger partial charge in [-0.3, -0.25) is 4.90 Å². The monoisotopic (exact) mass is 471 g/mol. The van der Waals surface area contributed by atoms with Gasteiger partial charge in [0.25, 0.3) is 0 Å². The Kier molecular flexibility index (Phi) is 7.91. The van der Waals surface area contributed by atoms with Crippen molar-refractivity contribution in [2.24, 2.45) is 0 Å². The minimum atomic E-state index is -0.200. The van der Waals surface area contributed by atoms with Crippen molar-refractivity contribution in [2.45, 2.75) is 99.9 Å². The third-order valence-corrected chi connectivity index (χ3v) is 9.19. The lowest BCUT2D eigenvalue weighted by Crippen LogP contribution is -2.32. The van der Waals surface area contributed by atoms with Crippen molar-refractivity contribution in [1.82, 2.24) is 4.90 Å². The van der Waals surface area contributed by atoms with Crippen molar-refractivity contribution in [1.29, 1.82) is 0 Å². The normalized spacial score (nSPS) is 20.7. The molecule has 0 spiro atoms. The van der Waals surface area contributed by atoms with Crippen molar-refractivity contribution in [3.05, 3.63) is 70.8 Å². The molecule has 0 heterocycles. The summed E-state index contributed by atoms with van der Waals surface area (Å²) < 4.78 is 0. The van der Waals surface area contributed by atoms with E-state index in [1.807, 2.05) is 0 Å². The first-order valence-electron chi connectivity index (χ1n) is 12.7. The molecule has 1 unspecified atom stereocenters. The Morgan fingerprint density at radius 1 is 0.812 bits per heavy atom. The summed E-state index contributed by atoms with van der Waals surface area (Å²) in [6.45, 7) is 3.31. The van der Waals surface area contributed by atoms with Gasteiger partial charge in [-0.05, 0) is 74.2 Å². The molecule has 4 rings (SSSR count). The summed E-state index contributed by atoms with van der Waals surface area (Å²) in [5.41, 5.74) is 5.60. The van der Waals surface area contributed by atoms with Gasteiger partial charge in [0.2, 0.25) is 0 Å². The minimum absolute atomic E-state index is 0.200. The first-order valence-corrected chi connectivity index (χ1v) is 13.5. The second-order valence-electron chi connectivity index (χ2n) is 10.2. The Hall–Kier alpha value is -1.02. The van der Waals surface area contributed by atoms with Crippen LogP contribution in [0.2, 0.25) is 0 Å². The van der Waals surface area contributed by atoms with Crippen LogP contribution in [0, 0.1) is 0 Å². The smallest absolute Gasteiger partial charge is 0.0697 e. The van der Waals surface area contributed by atoms with Gasteiger partial charge in [-0.25, -0.2) is 0 Å². The molecule has 0 bridgehead atoms. The van der Waals surface area contributed by atoms with E-state index < -0.39 is 0 Å². The fraction of sp³-hybridized carbons (Fsp3) is 0.586. The highest BCUT2D eigenvalue weighted by Crippen LogP contribution is 2.51. The van der Waals surface area contributed by atoms with E-state index in [0.717, 1.165) is 51.5 Å². The van der Waals surface area contributed by atoms with Crippen LogP contribution in [0.3, 0.4) is 0 Å². The van der Waals surface area contributed by atoms with Crippen LogP contribution in [-0.4, -0.2) is 18.0 Å². The maximum absolute atomic E-state index is 7.29. The predicted molar refractivity (Wildman–Crippen MR) is 139 cm³/mol. The minimum Gasteiger partial charge on any atom is -0.299 e. The number of hydrogen-bond acceptors (Lipinski definition) is 1. The lowest BCUT2D eigenvalue weighted by molar-refractivity contribution is 0.216. The number of benzene rings is 2. The van der Waals surface area contributed by atoms with Gasteiger partial charge in [0.05, 0.1) is 9.75 Å². The molecule has 0 radical (unpaired) electrons.